The van der Waals surface area contributed by atoms with Crippen LogP contribution in [0.2, 0.25) is 0 Å². The van der Waals surface area contributed by atoms with Gasteiger partial charge in [0.05, 0.1) is 38.5 Å². The lowest BCUT2D eigenvalue weighted by molar-refractivity contribution is -0.139. The number of nitrogens with zero attached hydrogens (tertiary/aromatic N) is 6. The third-order valence-corrected chi connectivity index (χ3v) is 4.84. The van der Waals surface area contributed by atoms with Gasteiger partial charge in [-0.3, -0.25) is 9.48 Å². The summed E-state index contributed by atoms with van der Waals surface area (Å²) in [4.78, 5) is 26.0. The highest BCUT2D eigenvalue weighted by Gasteiger charge is 2.31. The monoisotopic (exact) mass is 372 g/mol. The first-order valence-corrected chi connectivity index (χ1v) is 9.22. The van der Waals surface area contributed by atoms with Gasteiger partial charge in [0.25, 0.3) is 0 Å². The minimum atomic E-state index is -0.282. The van der Waals surface area contributed by atoms with Crippen molar-refractivity contribution in [3.05, 3.63) is 36.0 Å². The van der Waals surface area contributed by atoms with Gasteiger partial charge in [-0.1, -0.05) is 0 Å². The molecule has 2 aliphatic rings. The average molecular weight is 372 g/mol. The molecular weight excluding hydrogens is 348 g/mol. The molecule has 4 heterocycles. The van der Waals surface area contributed by atoms with Crippen molar-refractivity contribution in [2.24, 2.45) is 7.05 Å². The van der Waals surface area contributed by atoms with Crippen LogP contribution in [0.5, 0.6) is 0 Å². The normalized spacial score (nSPS) is 20.7. The molecule has 0 saturated carbocycles. The van der Waals surface area contributed by atoms with Crippen LogP contribution in [0, 0.1) is 0 Å². The molecular formula is C18H24N6O3. The molecule has 0 unspecified atom stereocenters. The lowest BCUT2D eigenvalue weighted by Crippen LogP contribution is -2.45. The Morgan fingerprint density at radius 2 is 2.00 bits per heavy atom. The van der Waals surface area contributed by atoms with Crippen molar-refractivity contribution < 1.29 is 14.3 Å². The van der Waals surface area contributed by atoms with Crippen molar-refractivity contribution in [3.8, 4) is 0 Å². The van der Waals surface area contributed by atoms with E-state index >= 15 is 0 Å². The number of aryl methyl sites for hydroxylation is 1. The van der Waals surface area contributed by atoms with Crippen LogP contribution in [0.25, 0.3) is 0 Å². The molecule has 9 heteroatoms. The predicted molar refractivity (Wildman–Crippen MR) is 97.2 cm³/mol. The van der Waals surface area contributed by atoms with Crippen LogP contribution in [-0.4, -0.2) is 76.6 Å². The SMILES string of the molecule is Cn1ccc(CC(=O)N2CCOC[C@@H]2c2nccc(N3CCOCC3)n2)n1. The summed E-state index contributed by atoms with van der Waals surface area (Å²) in [5.41, 5.74) is 0.760. The van der Waals surface area contributed by atoms with E-state index in [1.807, 2.05) is 30.3 Å². The van der Waals surface area contributed by atoms with Gasteiger partial charge < -0.3 is 19.3 Å². The molecule has 9 nitrogen and oxygen atoms in total. The second-order valence-electron chi connectivity index (χ2n) is 6.71. The molecule has 1 atom stereocenters. The summed E-state index contributed by atoms with van der Waals surface area (Å²) >= 11 is 0. The first-order valence-electron chi connectivity index (χ1n) is 9.22. The fraction of sp³-hybridized carbons (Fsp3) is 0.556. The average Bonchev–Trinajstić information content (AvgIpc) is 3.13. The zero-order valence-corrected chi connectivity index (χ0v) is 15.5. The van der Waals surface area contributed by atoms with Gasteiger partial charge in [-0.05, 0) is 12.1 Å². The lowest BCUT2D eigenvalue weighted by Gasteiger charge is -2.35. The van der Waals surface area contributed by atoms with E-state index in [0.717, 1.165) is 24.6 Å². The minimum absolute atomic E-state index is 0.0161. The van der Waals surface area contributed by atoms with Gasteiger partial charge in [-0.15, -0.1) is 0 Å². The summed E-state index contributed by atoms with van der Waals surface area (Å²) in [5, 5.41) is 4.31. The summed E-state index contributed by atoms with van der Waals surface area (Å²) in [6, 6.07) is 3.48. The molecule has 2 aliphatic heterocycles. The highest BCUT2D eigenvalue weighted by atomic mass is 16.5. The Labute approximate surface area is 157 Å². The van der Waals surface area contributed by atoms with Crippen molar-refractivity contribution in [1.82, 2.24) is 24.6 Å². The molecule has 0 bridgehead atoms. The molecule has 0 radical (unpaired) electrons. The largest absolute Gasteiger partial charge is 0.378 e. The van der Waals surface area contributed by atoms with Crippen molar-refractivity contribution in [2.75, 3.05) is 51.0 Å². The number of amides is 1. The number of hydrogen-bond donors (Lipinski definition) is 0. The standard InChI is InChI=1S/C18H24N6O3/c1-22-5-3-14(21-22)12-17(25)24-8-11-27-13-15(24)18-19-4-2-16(20-18)23-6-9-26-10-7-23/h2-5,15H,6-13H2,1H3/t15-/m1/s1. The van der Waals surface area contributed by atoms with E-state index in [1.165, 1.54) is 0 Å². The van der Waals surface area contributed by atoms with E-state index in [4.69, 9.17) is 14.5 Å². The highest BCUT2D eigenvalue weighted by molar-refractivity contribution is 5.78. The number of ether oxygens (including phenoxy) is 2. The molecule has 2 fully saturated rings. The Morgan fingerprint density at radius 1 is 1.19 bits per heavy atom. The molecule has 27 heavy (non-hydrogen) atoms. The topological polar surface area (TPSA) is 85.6 Å². The minimum Gasteiger partial charge on any atom is -0.378 e. The van der Waals surface area contributed by atoms with Gasteiger partial charge in [0.1, 0.15) is 11.9 Å². The van der Waals surface area contributed by atoms with Crippen LogP contribution in [0.4, 0.5) is 5.82 Å². The third kappa shape index (κ3) is 4.09. The van der Waals surface area contributed by atoms with Crippen LogP contribution in [-0.2, 0) is 27.7 Å². The van der Waals surface area contributed by atoms with Gasteiger partial charge in [-0.2, -0.15) is 5.10 Å². The van der Waals surface area contributed by atoms with Crippen molar-refractivity contribution >= 4 is 11.7 Å². The number of aromatic nitrogens is 4. The van der Waals surface area contributed by atoms with E-state index in [-0.39, 0.29) is 18.4 Å². The Balaban J connectivity index is 1.52. The lowest BCUT2D eigenvalue weighted by atomic mass is 10.1. The maximum Gasteiger partial charge on any atom is 0.229 e. The summed E-state index contributed by atoms with van der Waals surface area (Å²) < 4.78 is 12.7. The molecule has 2 aromatic rings. The fourth-order valence-corrected chi connectivity index (χ4v) is 3.42. The molecule has 0 spiro atoms. The van der Waals surface area contributed by atoms with E-state index in [0.29, 0.717) is 38.8 Å². The Kier molecular flexibility index (Phi) is 5.30. The second-order valence-corrected chi connectivity index (χ2v) is 6.71. The number of morpholine rings is 2. The predicted octanol–water partition coefficient (Wildman–Crippen LogP) is 0.189. The summed E-state index contributed by atoms with van der Waals surface area (Å²) in [5.74, 6) is 1.50. The first kappa shape index (κ1) is 17.9. The van der Waals surface area contributed by atoms with Crippen LogP contribution in [0.3, 0.4) is 0 Å². The molecule has 0 aliphatic carbocycles. The second kappa shape index (κ2) is 8.01. The number of carbonyl (C=O) groups excluding carboxylic acids is 1. The molecule has 1 amide bonds. The van der Waals surface area contributed by atoms with Crippen molar-refractivity contribution in [3.63, 3.8) is 0 Å². The quantitative estimate of drug-likeness (QED) is 0.757. The molecule has 2 aromatic heterocycles. The molecule has 144 valence electrons. The Hall–Kier alpha value is -2.52. The van der Waals surface area contributed by atoms with E-state index in [2.05, 4.69) is 15.0 Å². The van der Waals surface area contributed by atoms with Crippen LogP contribution in [0.15, 0.2) is 24.5 Å². The molecule has 2 saturated heterocycles. The maximum absolute atomic E-state index is 12.9. The Bertz CT molecular complexity index is 789. The van der Waals surface area contributed by atoms with Gasteiger partial charge in [0.15, 0.2) is 5.82 Å². The Morgan fingerprint density at radius 3 is 2.78 bits per heavy atom. The van der Waals surface area contributed by atoms with Crippen molar-refractivity contribution in [2.45, 2.75) is 12.5 Å². The molecule has 4 rings (SSSR count). The third-order valence-electron chi connectivity index (χ3n) is 4.84. The van der Waals surface area contributed by atoms with E-state index in [9.17, 15) is 4.79 Å². The van der Waals surface area contributed by atoms with E-state index in [1.54, 1.807) is 10.9 Å². The van der Waals surface area contributed by atoms with Gasteiger partial charge in [0.2, 0.25) is 5.91 Å². The fourth-order valence-electron chi connectivity index (χ4n) is 3.42. The van der Waals surface area contributed by atoms with E-state index < -0.39 is 0 Å². The number of carbonyl (C=O) groups is 1. The maximum atomic E-state index is 12.9. The zero-order valence-electron chi connectivity index (χ0n) is 15.5. The highest BCUT2D eigenvalue weighted by Crippen LogP contribution is 2.24. The zero-order chi connectivity index (χ0) is 18.6. The van der Waals surface area contributed by atoms with Gasteiger partial charge in [0, 0.05) is 39.1 Å². The molecule has 0 aromatic carbocycles. The van der Waals surface area contributed by atoms with Crippen molar-refractivity contribution in [1.29, 1.82) is 0 Å². The first-order chi connectivity index (χ1) is 13.2. The van der Waals surface area contributed by atoms with Crippen LogP contribution in [0.1, 0.15) is 17.6 Å². The molecule has 0 N–H and O–H groups in total. The van der Waals surface area contributed by atoms with Crippen LogP contribution >= 0.6 is 0 Å². The van der Waals surface area contributed by atoms with Crippen LogP contribution < -0.4 is 4.90 Å². The number of hydrogen-bond acceptors (Lipinski definition) is 7. The summed E-state index contributed by atoms with van der Waals surface area (Å²) in [6.07, 6.45) is 3.86. The number of anilines is 1. The van der Waals surface area contributed by atoms with Gasteiger partial charge >= 0.3 is 0 Å². The smallest absolute Gasteiger partial charge is 0.229 e. The van der Waals surface area contributed by atoms with Gasteiger partial charge in [-0.25, -0.2) is 9.97 Å². The summed E-state index contributed by atoms with van der Waals surface area (Å²) in [7, 11) is 1.84. The number of rotatable bonds is 4. The summed E-state index contributed by atoms with van der Waals surface area (Å²) in [6.45, 7) is 4.45.